The lowest BCUT2D eigenvalue weighted by atomic mass is 10.2. The number of rotatable bonds is 3. The van der Waals surface area contributed by atoms with Crippen LogP contribution in [0.1, 0.15) is 23.4 Å². The van der Waals surface area contributed by atoms with Gasteiger partial charge in [-0.15, -0.1) is 11.3 Å². The molecule has 0 fully saturated rings. The van der Waals surface area contributed by atoms with Crippen LogP contribution in [-0.4, -0.2) is 0 Å². The van der Waals surface area contributed by atoms with Gasteiger partial charge in [0.2, 0.25) is 0 Å². The molecule has 1 atom stereocenters. The van der Waals surface area contributed by atoms with Gasteiger partial charge in [-0.3, -0.25) is 0 Å². The summed E-state index contributed by atoms with van der Waals surface area (Å²) in [4.78, 5) is 1.41. The standard InChI is InChI=1S/C13H14BrNS/c1-9-7-8-16-13(9)10(2)15-12-5-3-11(14)4-6-12/h3-8,10,15H,1-2H3. The number of benzene rings is 1. The van der Waals surface area contributed by atoms with E-state index in [0.717, 1.165) is 10.2 Å². The minimum atomic E-state index is 0.362. The van der Waals surface area contributed by atoms with Crippen molar-refractivity contribution in [3.63, 3.8) is 0 Å². The van der Waals surface area contributed by atoms with E-state index in [1.165, 1.54) is 10.4 Å². The van der Waals surface area contributed by atoms with Gasteiger partial charge in [0.05, 0.1) is 6.04 Å². The van der Waals surface area contributed by atoms with E-state index in [1.807, 2.05) is 11.3 Å². The topological polar surface area (TPSA) is 12.0 Å². The van der Waals surface area contributed by atoms with Gasteiger partial charge in [0.25, 0.3) is 0 Å². The second-order valence-electron chi connectivity index (χ2n) is 3.84. The molecule has 16 heavy (non-hydrogen) atoms. The molecule has 1 N–H and O–H groups in total. The van der Waals surface area contributed by atoms with Crippen LogP contribution in [0.15, 0.2) is 40.2 Å². The molecular weight excluding hydrogens is 282 g/mol. The predicted molar refractivity (Wildman–Crippen MR) is 75.2 cm³/mol. The summed E-state index contributed by atoms with van der Waals surface area (Å²) in [6.07, 6.45) is 0. The predicted octanol–water partition coefficient (Wildman–Crippen LogP) is 4.99. The maximum Gasteiger partial charge on any atom is 0.0581 e. The Bertz CT molecular complexity index is 461. The molecule has 0 bridgehead atoms. The van der Waals surface area contributed by atoms with Crippen LogP contribution in [0.5, 0.6) is 0 Å². The molecule has 2 aromatic rings. The van der Waals surface area contributed by atoms with Gasteiger partial charge in [0, 0.05) is 15.0 Å². The lowest BCUT2D eigenvalue weighted by Crippen LogP contribution is -2.05. The average molecular weight is 296 g/mol. The van der Waals surface area contributed by atoms with E-state index in [1.54, 1.807) is 0 Å². The Morgan fingerprint density at radius 1 is 1.19 bits per heavy atom. The van der Waals surface area contributed by atoms with E-state index in [9.17, 15) is 0 Å². The first-order valence-corrected chi connectivity index (χ1v) is 6.90. The van der Waals surface area contributed by atoms with Crippen LogP contribution in [0.4, 0.5) is 5.69 Å². The van der Waals surface area contributed by atoms with Gasteiger partial charge < -0.3 is 5.32 Å². The van der Waals surface area contributed by atoms with Crippen LogP contribution in [0.3, 0.4) is 0 Å². The zero-order valence-corrected chi connectivity index (χ0v) is 11.7. The van der Waals surface area contributed by atoms with Gasteiger partial charge in [-0.2, -0.15) is 0 Å². The van der Waals surface area contributed by atoms with Gasteiger partial charge in [-0.25, -0.2) is 0 Å². The molecule has 0 saturated heterocycles. The normalized spacial score (nSPS) is 12.4. The van der Waals surface area contributed by atoms with Gasteiger partial charge >= 0.3 is 0 Å². The number of halogens is 1. The molecule has 1 aromatic heterocycles. The van der Waals surface area contributed by atoms with Crippen molar-refractivity contribution in [2.45, 2.75) is 19.9 Å². The maximum atomic E-state index is 3.50. The zero-order chi connectivity index (χ0) is 11.5. The molecule has 2 rings (SSSR count). The van der Waals surface area contributed by atoms with Crippen LogP contribution in [0, 0.1) is 6.92 Å². The summed E-state index contributed by atoms with van der Waals surface area (Å²) >= 11 is 5.24. The van der Waals surface area contributed by atoms with Crippen LogP contribution in [-0.2, 0) is 0 Å². The summed E-state index contributed by atoms with van der Waals surface area (Å²) < 4.78 is 1.11. The molecule has 0 saturated carbocycles. The zero-order valence-electron chi connectivity index (χ0n) is 9.33. The van der Waals surface area contributed by atoms with E-state index in [-0.39, 0.29) is 0 Å². The SMILES string of the molecule is Cc1ccsc1C(C)Nc1ccc(Br)cc1. The van der Waals surface area contributed by atoms with E-state index >= 15 is 0 Å². The van der Waals surface area contributed by atoms with E-state index in [0.29, 0.717) is 6.04 Å². The lowest BCUT2D eigenvalue weighted by Gasteiger charge is -2.15. The number of hydrogen-bond donors (Lipinski definition) is 1. The summed E-state index contributed by atoms with van der Waals surface area (Å²) in [5, 5.41) is 5.65. The fourth-order valence-corrected chi connectivity index (χ4v) is 2.89. The van der Waals surface area contributed by atoms with Crippen molar-refractivity contribution in [3.05, 3.63) is 50.6 Å². The number of thiophene rings is 1. The summed E-state index contributed by atoms with van der Waals surface area (Å²) in [7, 11) is 0. The Morgan fingerprint density at radius 2 is 1.88 bits per heavy atom. The summed E-state index contributed by atoms with van der Waals surface area (Å²) in [6.45, 7) is 4.35. The van der Waals surface area contributed by atoms with Crippen molar-refractivity contribution in [2.75, 3.05) is 5.32 Å². The van der Waals surface area contributed by atoms with Crippen molar-refractivity contribution >= 4 is 33.0 Å². The summed E-state index contributed by atoms with van der Waals surface area (Å²) in [6, 6.07) is 10.8. The second kappa shape index (κ2) is 5.02. The molecule has 0 aliphatic rings. The highest BCUT2D eigenvalue weighted by Gasteiger charge is 2.09. The Morgan fingerprint density at radius 3 is 2.44 bits per heavy atom. The van der Waals surface area contributed by atoms with E-state index < -0.39 is 0 Å². The summed E-state index contributed by atoms with van der Waals surface area (Å²) in [5.74, 6) is 0. The van der Waals surface area contributed by atoms with Crippen molar-refractivity contribution in [1.82, 2.24) is 0 Å². The van der Waals surface area contributed by atoms with Crippen molar-refractivity contribution < 1.29 is 0 Å². The molecule has 0 amide bonds. The number of anilines is 1. The highest BCUT2D eigenvalue weighted by molar-refractivity contribution is 9.10. The quantitative estimate of drug-likeness (QED) is 0.841. The third-order valence-electron chi connectivity index (χ3n) is 2.52. The van der Waals surface area contributed by atoms with Gasteiger partial charge in [-0.1, -0.05) is 15.9 Å². The largest absolute Gasteiger partial charge is 0.378 e. The average Bonchev–Trinajstić information content (AvgIpc) is 2.68. The molecule has 1 heterocycles. The second-order valence-corrected chi connectivity index (χ2v) is 5.70. The van der Waals surface area contributed by atoms with Crippen LogP contribution in [0.25, 0.3) is 0 Å². The minimum absolute atomic E-state index is 0.362. The maximum absolute atomic E-state index is 3.50. The first-order chi connectivity index (χ1) is 7.66. The third-order valence-corrected chi connectivity index (χ3v) is 4.25. The van der Waals surface area contributed by atoms with Crippen LogP contribution < -0.4 is 5.32 Å². The lowest BCUT2D eigenvalue weighted by molar-refractivity contribution is 0.899. The molecule has 1 nitrogen and oxygen atoms in total. The molecule has 1 unspecified atom stereocenters. The van der Waals surface area contributed by atoms with Crippen molar-refractivity contribution in [1.29, 1.82) is 0 Å². The monoisotopic (exact) mass is 295 g/mol. The number of nitrogens with one attached hydrogen (secondary N) is 1. The molecule has 3 heteroatoms. The summed E-state index contributed by atoms with van der Waals surface area (Å²) in [5.41, 5.74) is 2.52. The number of aryl methyl sites for hydroxylation is 1. The van der Waals surface area contributed by atoms with Gasteiger partial charge in [0.15, 0.2) is 0 Å². The molecular formula is C13H14BrNS. The minimum Gasteiger partial charge on any atom is -0.378 e. The molecule has 0 spiro atoms. The van der Waals surface area contributed by atoms with Crippen molar-refractivity contribution in [2.24, 2.45) is 0 Å². The number of hydrogen-bond acceptors (Lipinski definition) is 2. The fourth-order valence-electron chi connectivity index (χ4n) is 1.69. The molecule has 0 aliphatic heterocycles. The molecule has 0 radical (unpaired) electrons. The molecule has 1 aromatic carbocycles. The van der Waals surface area contributed by atoms with E-state index in [4.69, 9.17) is 0 Å². The first-order valence-electron chi connectivity index (χ1n) is 5.23. The Labute approximate surface area is 109 Å². The molecule has 84 valence electrons. The Balaban J connectivity index is 2.10. The van der Waals surface area contributed by atoms with Gasteiger partial charge in [0.1, 0.15) is 0 Å². The Hall–Kier alpha value is -0.800. The van der Waals surface area contributed by atoms with Crippen molar-refractivity contribution in [3.8, 4) is 0 Å². The highest BCUT2D eigenvalue weighted by Crippen LogP contribution is 2.27. The fraction of sp³-hybridized carbons (Fsp3) is 0.231. The van der Waals surface area contributed by atoms with Crippen LogP contribution >= 0.6 is 27.3 Å². The smallest absolute Gasteiger partial charge is 0.0581 e. The van der Waals surface area contributed by atoms with E-state index in [2.05, 4.69) is 70.8 Å². The van der Waals surface area contributed by atoms with Crippen LogP contribution in [0.2, 0.25) is 0 Å². The highest BCUT2D eigenvalue weighted by atomic mass is 79.9. The third kappa shape index (κ3) is 2.66. The van der Waals surface area contributed by atoms with Gasteiger partial charge in [-0.05, 0) is 55.1 Å². The molecule has 0 aliphatic carbocycles. The first kappa shape index (κ1) is 11.7. The Kier molecular flexibility index (Phi) is 3.66.